The first kappa shape index (κ1) is 22.6. The normalized spacial score (nSPS) is 12.8. The van der Waals surface area contributed by atoms with Gasteiger partial charge in [-0.1, -0.05) is 18.2 Å². The molecule has 0 unspecified atom stereocenters. The van der Waals surface area contributed by atoms with Gasteiger partial charge in [0.15, 0.2) is 18.1 Å². The highest BCUT2D eigenvalue weighted by Crippen LogP contribution is 2.32. The van der Waals surface area contributed by atoms with E-state index in [0.717, 1.165) is 0 Å². The van der Waals surface area contributed by atoms with E-state index in [1.807, 2.05) is 6.07 Å². The van der Waals surface area contributed by atoms with E-state index in [-0.39, 0.29) is 36.8 Å². The summed E-state index contributed by atoms with van der Waals surface area (Å²) in [6.45, 7) is 0.439. The molecule has 1 N–H and O–H groups in total. The molecule has 0 fully saturated rings. The number of anilines is 1. The second kappa shape index (κ2) is 10.3. The molecule has 1 heterocycles. The van der Waals surface area contributed by atoms with E-state index in [0.29, 0.717) is 30.4 Å². The van der Waals surface area contributed by atoms with Crippen molar-refractivity contribution in [1.82, 2.24) is 4.72 Å². The van der Waals surface area contributed by atoms with Crippen molar-refractivity contribution in [1.29, 1.82) is 0 Å². The fraction of sp³-hybridized carbons (Fsp3) is 0.333. The number of para-hydroxylation sites is 1. The van der Waals surface area contributed by atoms with Crippen LogP contribution < -0.4 is 19.1 Å². The van der Waals surface area contributed by atoms with Crippen LogP contribution >= 0.6 is 0 Å². The molecule has 2 aromatic carbocycles. The number of amides is 1. The zero-order chi connectivity index (χ0) is 22.3. The molecule has 10 heteroatoms. The number of fused-ring (bicyclic) bond motifs is 1. The number of esters is 1. The molecule has 0 radical (unpaired) electrons. The van der Waals surface area contributed by atoms with Gasteiger partial charge in [-0.05, 0) is 30.7 Å². The molecule has 166 valence electrons. The maximum absolute atomic E-state index is 12.4. The van der Waals surface area contributed by atoms with Gasteiger partial charge in [0.25, 0.3) is 5.91 Å². The largest absolute Gasteiger partial charge is 0.486 e. The summed E-state index contributed by atoms with van der Waals surface area (Å²) in [5, 5.41) is 0. The predicted molar refractivity (Wildman–Crippen MR) is 113 cm³/mol. The van der Waals surface area contributed by atoms with Gasteiger partial charge in [-0.15, -0.1) is 0 Å². The lowest BCUT2D eigenvalue weighted by molar-refractivity contribution is -0.147. The molecule has 9 nitrogen and oxygen atoms in total. The number of rotatable bonds is 9. The lowest BCUT2D eigenvalue weighted by Gasteiger charge is -2.19. The SMILES string of the molecule is CN(C(=O)COC(=O)CCCNS(=O)(=O)c1ccc2c(c1)OCCO2)c1ccccc1. The molecule has 0 aliphatic carbocycles. The van der Waals surface area contributed by atoms with E-state index >= 15 is 0 Å². The van der Waals surface area contributed by atoms with Gasteiger partial charge >= 0.3 is 5.97 Å². The van der Waals surface area contributed by atoms with Gasteiger partial charge in [0.2, 0.25) is 10.0 Å². The monoisotopic (exact) mass is 448 g/mol. The standard InChI is InChI=1S/C21H24N2O7S/c1-23(16-6-3-2-4-7-16)20(24)15-30-21(25)8-5-11-22-31(26,27)17-9-10-18-19(14-17)29-13-12-28-18/h2-4,6-7,9-10,14,22H,5,8,11-13,15H2,1H3. The Kier molecular flexibility index (Phi) is 7.48. The van der Waals surface area contributed by atoms with E-state index in [1.165, 1.54) is 17.0 Å². The minimum Gasteiger partial charge on any atom is -0.486 e. The molecule has 3 rings (SSSR count). The Morgan fingerprint density at radius 2 is 1.77 bits per heavy atom. The summed E-state index contributed by atoms with van der Waals surface area (Å²) in [4.78, 5) is 25.4. The van der Waals surface area contributed by atoms with Crippen LogP contribution in [0.3, 0.4) is 0 Å². The molecular formula is C21H24N2O7S. The number of ether oxygens (including phenoxy) is 3. The van der Waals surface area contributed by atoms with Gasteiger partial charge in [0.05, 0.1) is 4.90 Å². The van der Waals surface area contributed by atoms with Crippen molar-refractivity contribution < 1.29 is 32.2 Å². The van der Waals surface area contributed by atoms with Gasteiger partial charge in [-0.25, -0.2) is 13.1 Å². The topological polar surface area (TPSA) is 111 Å². The Labute approximate surface area is 181 Å². The lowest BCUT2D eigenvalue weighted by atomic mass is 10.3. The second-order valence-corrected chi connectivity index (χ2v) is 8.52. The van der Waals surface area contributed by atoms with Crippen molar-refractivity contribution in [3.05, 3.63) is 48.5 Å². The van der Waals surface area contributed by atoms with Crippen LogP contribution in [0, 0.1) is 0 Å². The van der Waals surface area contributed by atoms with Crippen LogP contribution in [0.1, 0.15) is 12.8 Å². The minimum absolute atomic E-state index is 0.0218. The molecule has 0 bridgehead atoms. The summed E-state index contributed by atoms with van der Waals surface area (Å²) in [6, 6.07) is 13.4. The Bertz CT molecular complexity index is 1030. The highest BCUT2D eigenvalue weighted by molar-refractivity contribution is 7.89. The number of benzene rings is 2. The van der Waals surface area contributed by atoms with Crippen molar-refractivity contribution >= 4 is 27.6 Å². The van der Waals surface area contributed by atoms with Crippen LogP contribution in [-0.2, 0) is 24.3 Å². The third-order valence-corrected chi connectivity index (χ3v) is 6.01. The number of hydrogen-bond acceptors (Lipinski definition) is 7. The fourth-order valence-electron chi connectivity index (χ4n) is 2.82. The third kappa shape index (κ3) is 6.19. The average molecular weight is 448 g/mol. The molecule has 0 saturated carbocycles. The molecule has 0 atom stereocenters. The molecule has 1 amide bonds. The summed E-state index contributed by atoms with van der Waals surface area (Å²) in [5.41, 5.74) is 0.692. The Morgan fingerprint density at radius 1 is 1.06 bits per heavy atom. The van der Waals surface area contributed by atoms with Crippen LogP contribution in [-0.4, -0.2) is 53.7 Å². The molecule has 0 aromatic heterocycles. The quantitative estimate of drug-likeness (QED) is 0.459. The summed E-state index contributed by atoms with van der Waals surface area (Å²) in [6.07, 6.45) is 0.206. The van der Waals surface area contributed by atoms with Crippen molar-refractivity contribution in [3.63, 3.8) is 0 Å². The molecule has 2 aromatic rings. The first-order valence-corrected chi connectivity index (χ1v) is 11.2. The maximum atomic E-state index is 12.4. The zero-order valence-corrected chi connectivity index (χ0v) is 17.9. The molecule has 0 spiro atoms. The highest BCUT2D eigenvalue weighted by atomic mass is 32.2. The van der Waals surface area contributed by atoms with Gasteiger partial charge in [-0.2, -0.15) is 0 Å². The smallest absolute Gasteiger partial charge is 0.306 e. The number of nitrogens with zero attached hydrogens (tertiary/aromatic N) is 1. The van der Waals surface area contributed by atoms with Crippen molar-refractivity contribution in [2.24, 2.45) is 0 Å². The summed E-state index contributed by atoms with van der Waals surface area (Å²) < 4.78 is 43.0. The Morgan fingerprint density at radius 3 is 2.52 bits per heavy atom. The van der Waals surface area contributed by atoms with Crippen LogP contribution in [0.25, 0.3) is 0 Å². The summed E-state index contributed by atoms with van der Waals surface area (Å²) in [5.74, 6) is -0.0598. The molecule has 1 aliphatic rings. The van der Waals surface area contributed by atoms with E-state index in [1.54, 1.807) is 37.4 Å². The van der Waals surface area contributed by atoms with E-state index < -0.39 is 16.0 Å². The predicted octanol–water partition coefficient (Wildman–Crippen LogP) is 1.72. The summed E-state index contributed by atoms with van der Waals surface area (Å²) in [7, 11) is -2.16. The molecule has 1 aliphatic heterocycles. The van der Waals surface area contributed by atoms with Crippen molar-refractivity contribution in [3.8, 4) is 11.5 Å². The number of carbonyl (C=O) groups is 2. The van der Waals surface area contributed by atoms with E-state index in [4.69, 9.17) is 14.2 Å². The minimum atomic E-state index is -3.76. The molecular weight excluding hydrogens is 424 g/mol. The lowest BCUT2D eigenvalue weighted by Crippen LogP contribution is -2.31. The fourth-order valence-corrected chi connectivity index (χ4v) is 3.91. The van der Waals surface area contributed by atoms with Gasteiger partial charge in [-0.3, -0.25) is 9.59 Å². The van der Waals surface area contributed by atoms with E-state index in [2.05, 4.69) is 4.72 Å². The van der Waals surface area contributed by atoms with Crippen molar-refractivity contribution in [2.75, 3.05) is 38.3 Å². The number of sulfonamides is 1. The second-order valence-electron chi connectivity index (χ2n) is 6.76. The van der Waals surface area contributed by atoms with Crippen LogP contribution in [0.15, 0.2) is 53.4 Å². The third-order valence-electron chi connectivity index (χ3n) is 4.55. The number of likely N-dealkylation sites (N-methyl/N-ethyl adjacent to an activating group) is 1. The molecule has 31 heavy (non-hydrogen) atoms. The number of hydrogen-bond donors (Lipinski definition) is 1. The van der Waals surface area contributed by atoms with Gasteiger partial charge in [0.1, 0.15) is 13.2 Å². The average Bonchev–Trinajstić information content (AvgIpc) is 2.80. The Balaban J connectivity index is 1.40. The van der Waals surface area contributed by atoms with Crippen molar-refractivity contribution in [2.45, 2.75) is 17.7 Å². The number of nitrogens with one attached hydrogen (secondary N) is 1. The Hall–Kier alpha value is -3.11. The first-order chi connectivity index (χ1) is 14.9. The molecule has 0 saturated heterocycles. The van der Waals surface area contributed by atoms with E-state index in [9.17, 15) is 18.0 Å². The highest BCUT2D eigenvalue weighted by Gasteiger charge is 2.19. The van der Waals surface area contributed by atoms with Gasteiger partial charge < -0.3 is 19.1 Å². The van der Waals surface area contributed by atoms with Gasteiger partial charge in [0, 0.05) is 31.8 Å². The van der Waals surface area contributed by atoms with Crippen LogP contribution in [0.2, 0.25) is 0 Å². The zero-order valence-electron chi connectivity index (χ0n) is 17.1. The summed E-state index contributed by atoms with van der Waals surface area (Å²) >= 11 is 0. The number of carbonyl (C=O) groups excluding carboxylic acids is 2. The first-order valence-electron chi connectivity index (χ1n) is 9.73. The maximum Gasteiger partial charge on any atom is 0.306 e. The van der Waals surface area contributed by atoms with Crippen LogP contribution in [0.5, 0.6) is 11.5 Å². The van der Waals surface area contributed by atoms with Crippen LogP contribution in [0.4, 0.5) is 5.69 Å².